The van der Waals surface area contributed by atoms with E-state index < -0.39 is 0 Å². The van der Waals surface area contributed by atoms with E-state index in [-0.39, 0.29) is 12.5 Å². The number of amides is 1. The molecule has 1 aromatic rings. The zero-order chi connectivity index (χ0) is 13.2. The van der Waals surface area contributed by atoms with Crippen LogP contribution in [0.2, 0.25) is 5.02 Å². The summed E-state index contributed by atoms with van der Waals surface area (Å²) in [5.74, 6) is 3.00. The van der Waals surface area contributed by atoms with Crippen LogP contribution in [0.4, 0.5) is 0 Å². The molecule has 96 valence electrons. The van der Waals surface area contributed by atoms with E-state index in [0.717, 1.165) is 19.3 Å². The molecule has 0 aromatic heterocycles. The second-order valence-electron chi connectivity index (χ2n) is 3.76. The van der Waals surface area contributed by atoms with Crippen molar-refractivity contribution in [1.82, 2.24) is 5.32 Å². The molecular formula is C14H16ClNO2. The van der Waals surface area contributed by atoms with Crippen LogP contribution in [0.15, 0.2) is 24.3 Å². The van der Waals surface area contributed by atoms with Crippen molar-refractivity contribution >= 4 is 17.5 Å². The van der Waals surface area contributed by atoms with Crippen molar-refractivity contribution in [2.45, 2.75) is 19.3 Å². The minimum absolute atomic E-state index is 0.00448. The van der Waals surface area contributed by atoms with Crippen molar-refractivity contribution in [2.75, 3.05) is 13.2 Å². The summed E-state index contributed by atoms with van der Waals surface area (Å²) in [6.07, 6.45) is 7.68. The monoisotopic (exact) mass is 265 g/mol. The fourth-order valence-electron chi connectivity index (χ4n) is 1.34. The van der Waals surface area contributed by atoms with Crippen LogP contribution in [-0.2, 0) is 4.79 Å². The highest BCUT2D eigenvalue weighted by Gasteiger charge is 2.02. The van der Waals surface area contributed by atoms with E-state index in [4.69, 9.17) is 22.8 Å². The van der Waals surface area contributed by atoms with Crippen LogP contribution in [0.3, 0.4) is 0 Å². The standard InChI is InChI=1S/C14H16ClNO2/c1-2-3-4-5-9-16-14(17)11-18-13-8-6-7-12(15)10-13/h1,6-8,10H,3-5,9,11H2,(H,16,17). The molecule has 0 unspecified atom stereocenters. The number of carbonyl (C=O) groups excluding carboxylic acids is 1. The molecule has 0 radical (unpaired) electrons. The highest BCUT2D eigenvalue weighted by molar-refractivity contribution is 6.30. The van der Waals surface area contributed by atoms with Crippen LogP contribution < -0.4 is 10.1 Å². The van der Waals surface area contributed by atoms with Crippen molar-refractivity contribution < 1.29 is 9.53 Å². The zero-order valence-electron chi connectivity index (χ0n) is 10.1. The van der Waals surface area contributed by atoms with Crippen molar-refractivity contribution in [3.05, 3.63) is 29.3 Å². The SMILES string of the molecule is C#CCCCCNC(=O)COc1cccc(Cl)c1. The Bertz CT molecular complexity index is 426. The first-order valence-electron chi connectivity index (χ1n) is 5.81. The van der Waals surface area contributed by atoms with Crippen molar-refractivity contribution in [2.24, 2.45) is 0 Å². The molecule has 0 aliphatic rings. The van der Waals surface area contributed by atoms with Crippen LogP contribution in [0.1, 0.15) is 19.3 Å². The molecule has 1 rings (SSSR count). The van der Waals surface area contributed by atoms with Crippen molar-refractivity contribution in [3.8, 4) is 18.1 Å². The summed E-state index contributed by atoms with van der Waals surface area (Å²) in [5.41, 5.74) is 0. The predicted octanol–water partition coefficient (Wildman–Crippen LogP) is 2.64. The molecule has 18 heavy (non-hydrogen) atoms. The minimum Gasteiger partial charge on any atom is -0.484 e. The van der Waals surface area contributed by atoms with E-state index in [2.05, 4.69) is 11.2 Å². The molecule has 0 saturated carbocycles. The number of ether oxygens (including phenoxy) is 1. The average molecular weight is 266 g/mol. The Morgan fingerprint density at radius 3 is 3.00 bits per heavy atom. The second kappa shape index (κ2) is 8.43. The third-order valence-electron chi connectivity index (χ3n) is 2.24. The van der Waals surface area contributed by atoms with Gasteiger partial charge in [-0.15, -0.1) is 12.3 Å². The second-order valence-corrected chi connectivity index (χ2v) is 4.19. The molecule has 1 amide bonds. The molecule has 4 heteroatoms. The number of nitrogens with one attached hydrogen (secondary N) is 1. The lowest BCUT2D eigenvalue weighted by molar-refractivity contribution is -0.123. The minimum atomic E-state index is -0.143. The first-order valence-corrected chi connectivity index (χ1v) is 6.18. The number of rotatable bonds is 7. The first-order chi connectivity index (χ1) is 8.72. The number of halogens is 1. The van der Waals surface area contributed by atoms with Gasteiger partial charge in [0.1, 0.15) is 5.75 Å². The van der Waals surface area contributed by atoms with Crippen LogP contribution in [0.5, 0.6) is 5.75 Å². The maximum absolute atomic E-state index is 11.4. The number of benzene rings is 1. The van der Waals surface area contributed by atoms with E-state index >= 15 is 0 Å². The molecule has 0 aliphatic heterocycles. The summed E-state index contributed by atoms with van der Waals surface area (Å²) in [4.78, 5) is 11.4. The highest BCUT2D eigenvalue weighted by Crippen LogP contribution is 2.16. The van der Waals surface area contributed by atoms with E-state index in [9.17, 15) is 4.79 Å². The van der Waals surface area contributed by atoms with Gasteiger partial charge >= 0.3 is 0 Å². The van der Waals surface area contributed by atoms with Gasteiger partial charge in [-0.2, -0.15) is 0 Å². The van der Waals surface area contributed by atoms with E-state index in [1.54, 1.807) is 24.3 Å². The van der Waals surface area contributed by atoms with Crippen molar-refractivity contribution in [1.29, 1.82) is 0 Å². The fourth-order valence-corrected chi connectivity index (χ4v) is 1.52. The van der Waals surface area contributed by atoms with Crippen LogP contribution >= 0.6 is 11.6 Å². The molecular weight excluding hydrogens is 250 g/mol. The third kappa shape index (κ3) is 6.17. The number of terminal acetylenes is 1. The van der Waals surface area contributed by atoms with Gasteiger partial charge in [-0.25, -0.2) is 0 Å². The highest BCUT2D eigenvalue weighted by atomic mass is 35.5. The Kier molecular flexibility index (Phi) is 6.75. The van der Waals surface area contributed by atoms with Crippen molar-refractivity contribution in [3.63, 3.8) is 0 Å². The normalized spacial score (nSPS) is 9.56. The topological polar surface area (TPSA) is 38.3 Å². The molecule has 3 nitrogen and oxygen atoms in total. The van der Waals surface area contributed by atoms with Crippen LogP contribution in [0, 0.1) is 12.3 Å². The van der Waals surface area contributed by atoms with Gasteiger partial charge in [0.15, 0.2) is 6.61 Å². The van der Waals surface area contributed by atoms with Gasteiger partial charge in [0.25, 0.3) is 5.91 Å². The van der Waals surface area contributed by atoms with Crippen LogP contribution in [0.25, 0.3) is 0 Å². The van der Waals surface area contributed by atoms with Gasteiger partial charge < -0.3 is 10.1 Å². The third-order valence-corrected chi connectivity index (χ3v) is 2.47. The molecule has 0 spiro atoms. The van der Waals surface area contributed by atoms with Gasteiger partial charge in [0, 0.05) is 18.0 Å². The molecule has 0 saturated heterocycles. The summed E-state index contributed by atoms with van der Waals surface area (Å²) in [6.45, 7) is 0.620. The lowest BCUT2D eigenvalue weighted by Crippen LogP contribution is -2.29. The predicted molar refractivity (Wildman–Crippen MR) is 72.6 cm³/mol. The number of unbranched alkanes of at least 4 members (excludes halogenated alkanes) is 2. The fraction of sp³-hybridized carbons (Fsp3) is 0.357. The van der Waals surface area contributed by atoms with Gasteiger partial charge in [-0.1, -0.05) is 17.7 Å². The van der Waals surface area contributed by atoms with Gasteiger partial charge in [0.05, 0.1) is 0 Å². The van der Waals surface area contributed by atoms with E-state index in [1.807, 2.05) is 0 Å². The number of hydrogen-bond donors (Lipinski definition) is 1. The molecule has 0 bridgehead atoms. The number of hydrogen-bond acceptors (Lipinski definition) is 2. The van der Waals surface area contributed by atoms with E-state index in [0.29, 0.717) is 17.3 Å². The largest absolute Gasteiger partial charge is 0.484 e. The Balaban J connectivity index is 2.15. The molecule has 1 N–H and O–H groups in total. The average Bonchev–Trinajstić information content (AvgIpc) is 2.36. The Labute approximate surface area is 112 Å². The Morgan fingerprint density at radius 1 is 1.44 bits per heavy atom. The molecule has 0 fully saturated rings. The van der Waals surface area contributed by atoms with Gasteiger partial charge in [-0.3, -0.25) is 4.79 Å². The Morgan fingerprint density at radius 2 is 2.28 bits per heavy atom. The maximum atomic E-state index is 11.4. The van der Waals surface area contributed by atoms with E-state index in [1.165, 1.54) is 0 Å². The molecule has 1 aromatic carbocycles. The molecule has 0 aliphatic carbocycles. The molecule has 0 heterocycles. The van der Waals surface area contributed by atoms with Crippen LogP contribution in [-0.4, -0.2) is 19.1 Å². The summed E-state index contributed by atoms with van der Waals surface area (Å²) >= 11 is 5.80. The molecule has 0 atom stereocenters. The summed E-state index contributed by atoms with van der Waals surface area (Å²) in [6, 6.07) is 6.95. The zero-order valence-corrected chi connectivity index (χ0v) is 10.9. The maximum Gasteiger partial charge on any atom is 0.257 e. The summed E-state index contributed by atoms with van der Waals surface area (Å²) in [5, 5.41) is 3.35. The Hall–Kier alpha value is -1.66. The number of carbonyl (C=O) groups is 1. The lowest BCUT2D eigenvalue weighted by atomic mass is 10.2. The quantitative estimate of drug-likeness (QED) is 0.608. The lowest BCUT2D eigenvalue weighted by Gasteiger charge is -2.07. The smallest absolute Gasteiger partial charge is 0.257 e. The first kappa shape index (κ1) is 14.4. The summed E-state index contributed by atoms with van der Waals surface area (Å²) < 4.78 is 5.30. The van der Waals surface area contributed by atoms with Gasteiger partial charge in [0.2, 0.25) is 0 Å². The van der Waals surface area contributed by atoms with Gasteiger partial charge in [-0.05, 0) is 31.0 Å². The summed E-state index contributed by atoms with van der Waals surface area (Å²) in [7, 11) is 0.